The van der Waals surface area contributed by atoms with Crippen molar-refractivity contribution < 1.29 is 9.66 Å². The van der Waals surface area contributed by atoms with Crippen LogP contribution in [0.2, 0.25) is 0 Å². The molecule has 2 atom stereocenters. The van der Waals surface area contributed by atoms with E-state index in [-0.39, 0.29) is 9.53 Å². The second-order valence-corrected chi connectivity index (χ2v) is 6.12. The Balaban J connectivity index is 2.16. The van der Waals surface area contributed by atoms with Crippen molar-refractivity contribution in [3.8, 4) is 0 Å². The van der Waals surface area contributed by atoms with Crippen LogP contribution in [0, 0.1) is 22.0 Å². The minimum atomic E-state index is -0.362. The van der Waals surface area contributed by atoms with E-state index in [0.717, 1.165) is 39.3 Å². The van der Waals surface area contributed by atoms with E-state index in [1.807, 2.05) is 11.9 Å². The molecule has 0 spiro atoms. The highest BCUT2D eigenvalue weighted by atomic mass is 79.9. The second-order valence-electron chi connectivity index (χ2n) is 5.37. The summed E-state index contributed by atoms with van der Waals surface area (Å²) in [5, 5.41) is 11.0. The molecule has 2 aliphatic rings. The maximum Gasteiger partial charge on any atom is 0.350 e. The number of rotatable bonds is 3. The third kappa shape index (κ3) is 3.20. The van der Waals surface area contributed by atoms with Gasteiger partial charge in [0, 0.05) is 55.1 Å². The molecule has 2 heterocycles. The van der Waals surface area contributed by atoms with Crippen LogP contribution < -0.4 is 0 Å². The Bertz CT molecular complexity index is 388. The number of halogens is 1. The molecule has 0 N–H and O–H groups in total. The highest BCUT2D eigenvalue weighted by Gasteiger charge is 2.33. The van der Waals surface area contributed by atoms with E-state index in [1.54, 1.807) is 0 Å². The first-order valence-corrected chi connectivity index (χ1v) is 7.38. The lowest BCUT2D eigenvalue weighted by molar-refractivity contribution is -0.412. The Hall–Kier alpha value is -0.820. The Kier molecular flexibility index (Phi) is 4.67. The first kappa shape index (κ1) is 14.6. The van der Waals surface area contributed by atoms with Gasteiger partial charge in [0.1, 0.15) is 0 Å². The normalized spacial score (nSPS) is 30.7. The topological polar surface area (TPSA) is 58.8 Å². The Morgan fingerprint density at radius 1 is 1.53 bits per heavy atom. The van der Waals surface area contributed by atoms with Crippen LogP contribution >= 0.6 is 15.9 Å². The molecule has 0 saturated carbocycles. The van der Waals surface area contributed by atoms with Gasteiger partial charge in [0.25, 0.3) is 0 Å². The monoisotopic (exact) mass is 333 g/mol. The molecule has 19 heavy (non-hydrogen) atoms. The fraction of sp³-hybridized carbons (Fsp3) is 0.833. The predicted octanol–water partition coefficient (Wildman–Crippen LogP) is 1.70. The van der Waals surface area contributed by atoms with Crippen molar-refractivity contribution in [1.29, 1.82) is 0 Å². The van der Waals surface area contributed by atoms with Crippen molar-refractivity contribution in [1.82, 2.24) is 9.80 Å². The van der Waals surface area contributed by atoms with Gasteiger partial charge in [-0.3, -0.25) is 10.1 Å². The highest BCUT2D eigenvalue weighted by Crippen LogP contribution is 2.28. The molecule has 0 radical (unpaired) electrons. The zero-order valence-electron chi connectivity index (χ0n) is 11.3. The van der Waals surface area contributed by atoms with Gasteiger partial charge in [-0.25, -0.2) is 0 Å². The molecule has 2 rings (SSSR count). The van der Waals surface area contributed by atoms with Gasteiger partial charge >= 0.3 is 4.61 Å². The lowest BCUT2D eigenvalue weighted by Crippen LogP contribution is -2.44. The van der Waals surface area contributed by atoms with Crippen molar-refractivity contribution in [2.75, 3.05) is 39.9 Å². The number of hydrogen-bond acceptors (Lipinski definition) is 5. The Morgan fingerprint density at radius 3 is 2.84 bits per heavy atom. The van der Waals surface area contributed by atoms with E-state index in [0.29, 0.717) is 17.7 Å². The average Bonchev–Trinajstić information content (AvgIpc) is 2.74. The number of nitrogens with zero attached hydrogens (tertiary/aromatic N) is 3. The molecule has 7 heteroatoms. The molecule has 0 aromatic heterocycles. The minimum Gasteiger partial charge on any atom is -0.381 e. The van der Waals surface area contributed by atoms with Crippen molar-refractivity contribution in [2.24, 2.45) is 11.8 Å². The van der Waals surface area contributed by atoms with Crippen LogP contribution in [-0.2, 0) is 4.74 Å². The summed E-state index contributed by atoms with van der Waals surface area (Å²) in [6, 6.07) is 0. The second kappa shape index (κ2) is 6.09. The van der Waals surface area contributed by atoms with Crippen LogP contribution in [0.25, 0.3) is 0 Å². The molecule has 0 bridgehead atoms. The summed E-state index contributed by atoms with van der Waals surface area (Å²) in [6.07, 6.45) is 1.03. The van der Waals surface area contributed by atoms with E-state index in [4.69, 9.17) is 4.74 Å². The largest absolute Gasteiger partial charge is 0.381 e. The maximum atomic E-state index is 11.0. The van der Waals surface area contributed by atoms with Crippen LogP contribution in [0.15, 0.2) is 10.4 Å². The van der Waals surface area contributed by atoms with Crippen molar-refractivity contribution in [3.63, 3.8) is 0 Å². The van der Waals surface area contributed by atoms with Crippen LogP contribution in [0.1, 0.15) is 13.3 Å². The summed E-state index contributed by atoms with van der Waals surface area (Å²) < 4.78 is 5.54. The molecule has 0 aromatic carbocycles. The summed E-state index contributed by atoms with van der Waals surface area (Å²) >= 11 is 3.12. The molecule has 2 saturated heterocycles. The van der Waals surface area contributed by atoms with Gasteiger partial charge in [0.15, 0.2) is 5.82 Å². The molecule has 0 aromatic rings. The molecule has 2 fully saturated rings. The van der Waals surface area contributed by atoms with Crippen LogP contribution in [0.3, 0.4) is 0 Å². The number of hydrogen-bond donors (Lipinski definition) is 0. The lowest BCUT2D eigenvalue weighted by Gasteiger charge is -2.38. The fourth-order valence-corrected chi connectivity index (χ4v) is 3.27. The number of nitro groups is 1. The van der Waals surface area contributed by atoms with Gasteiger partial charge in [-0.1, -0.05) is 6.92 Å². The third-order valence-corrected chi connectivity index (χ3v) is 4.54. The molecule has 108 valence electrons. The van der Waals surface area contributed by atoms with Crippen molar-refractivity contribution in [2.45, 2.75) is 13.3 Å². The van der Waals surface area contributed by atoms with Crippen LogP contribution in [0.4, 0.5) is 0 Å². The van der Waals surface area contributed by atoms with E-state index in [1.165, 1.54) is 0 Å². The van der Waals surface area contributed by atoms with E-state index in [2.05, 4.69) is 27.8 Å². The van der Waals surface area contributed by atoms with Crippen molar-refractivity contribution in [3.05, 3.63) is 20.5 Å². The first-order chi connectivity index (χ1) is 9.00. The molecule has 0 aliphatic carbocycles. The summed E-state index contributed by atoms with van der Waals surface area (Å²) in [5.41, 5.74) is 0. The molecule has 0 amide bonds. The van der Waals surface area contributed by atoms with Crippen LogP contribution in [0.5, 0.6) is 0 Å². The minimum absolute atomic E-state index is 0.0567. The first-order valence-electron chi connectivity index (χ1n) is 6.58. The quantitative estimate of drug-likeness (QED) is 0.447. The lowest BCUT2D eigenvalue weighted by atomic mass is 9.97. The molecule has 6 nitrogen and oxygen atoms in total. The molecule has 2 aliphatic heterocycles. The summed E-state index contributed by atoms with van der Waals surface area (Å²) in [5.74, 6) is 1.66. The summed E-state index contributed by atoms with van der Waals surface area (Å²) in [6.45, 7) is 6.27. The zero-order valence-corrected chi connectivity index (χ0v) is 12.9. The van der Waals surface area contributed by atoms with Gasteiger partial charge in [-0.05, 0) is 12.3 Å². The molecule has 2 unspecified atom stereocenters. The summed E-state index contributed by atoms with van der Waals surface area (Å²) in [4.78, 5) is 14.7. The van der Waals surface area contributed by atoms with Gasteiger partial charge in [-0.2, -0.15) is 0 Å². The molecular weight excluding hydrogens is 314 g/mol. The van der Waals surface area contributed by atoms with Gasteiger partial charge in [0.2, 0.25) is 0 Å². The fourth-order valence-electron chi connectivity index (χ4n) is 2.72. The Labute approximate surface area is 121 Å². The van der Waals surface area contributed by atoms with Crippen LogP contribution in [-0.4, -0.2) is 54.6 Å². The standard InChI is InChI=1S/C12H20BrN3O3/c1-9-7-19-8-10(9)6-15-5-3-4-14(2)12(15)11(13)16(17)18/h9-10H,3-8H2,1-2H3. The maximum absolute atomic E-state index is 11.0. The van der Waals surface area contributed by atoms with Gasteiger partial charge in [-0.15, -0.1) is 0 Å². The zero-order chi connectivity index (χ0) is 14.0. The highest BCUT2D eigenvalue weighted by molar-refractivity contribution is 9.11. The van der Waals surface area contributed by atoms with Crippen molar-refractivity contribution >= 4 is 15.9 Å². The SMILES string of the molecule is CC1COCC1CN1CCCN(C)C1=C(Br)[N+](=O)[O-]. The smallest absolute Gasteiger partial charge is 0.350 e. The third-order valence-electron chi connectivity index (χ3n) is 3.90. The average molecular weight is 334 g/mol. The molecular formula is C12H20BrN3O3. The number of ether oxygens (including phenoxy) is 1. The van der Waals surface area contributed by atoms with Gasteiger partial charge < -0.3 is 14.5 Å². The predicted molar refractivity (Wildman–Crippen MR) is 75.2 cm³/mol. The van der Waals surface area contributed by atoms with E-state index in [9.17, 15) is 10.1 Å². The van der Waals surface area contributed by atoms with Gasteiger partial charge in [0.05, 0.1) is 11.5 Å². The van der Waals surface area contributed by atoms with E-state index < -0.39 is 0 Å². The van der Waals surface area contributed by atoms with E-state index >= 15 is 0 Å². The Morgan fingerprint density at radius 2 is 2.26 bits per heavy atom. The summed E-state index contributed by atoms with van der Waals surface area (Å²) in [7, 11) is 1.90.